The third kappa shape index (κ3) is 3.34. The highest BCUT2D eigenvalue weighted by atomic mass is 16.7. The molecule has 2 aliphatic rings. The smallest absolute Gasteiger partial charge is 0.399 e. The van der Waals surface area contributed by atoms with Crippen LogP contribution in [0.4, 0.5) is 0 Å². The van der Waals surface area contributed by atoms with Crippen LogP contribution in [0.1, 0.15) is 46.2 Å². The second kappa shape index (κ2) is 6.21. The minimum Gasteiger partial charge on any atom is -0.399 e. The summed E-state index contributed by atoms with van der Waals surface area (Å²) in [6.45, 7) is 14.3. The van der Waals surface area contributed by atoms with Crippen LogP contribution in [-0.4, -0.2) is 49.5 Å². The predicted octanol–water partition coefficient (Wildman–Crippen LogP) is 2.38. The van der Waals surface area contributed by atoms with E-state index in [0.717, 1.165) is 31.8 Å². The van der Waals surface area contributed by atoms with Crippen molar-refractivity contribution in [2.45, 2.75) is 51.9 Å². The Morgan fingerprint density at radius 3 is 2.00 bits per heavy atom. The Morgan fingerprint density at radius 1 is 0.957 bits per heavy atom. The van der Waals surface area contributed by atoms with E-state index in [2.05, 4.69) is 63.8 Å². The van der Waals surface area contributed by atoms with Gasteiger partial charge < -0.3 is 14.0 Å². The highest BCUT2D eigenvalue weighted by molar-refractivity contribution is 6.62. The molecule has 4 nitrogen and oxygen atoms in total. The van der Waals surface area contributed by atoms with Gasteiger partial charge in [0.25, 0.3) is 0 Å². The van der Waals surface area contributed by atoms with Crippen molar-refractivity contribution in [3.8, 4) is 0 Å². The van der Waals surface area contributed by atoms with Crippen LogP contribution in [-0.2, 0) is 14.0 Å². The van der Waals surface area contributed by atoms with Gasteiger partial charge in [-0.05, 0) is 45.6 Å². The summed E-state index contributed by atoms with van der Waals surface area (Å²) in [5, 5.41) is 0. The fourth-order valence-electron chi connectivity index (χ4n) is 3.09. The molecule has 23 heavy (non-hydrogen) atoms. The molecule has 2 fully saturated rings. The Balaban J connectivity index is 1.70. The Bertz CT molecular complexity index is 522. The second-order valence-corrected chi connectivity index (χ2v) is 7.58. The number of hydrogen-bond acceptors (Lipinski definition) is 4. The van der Waals surface area contributed by atoms with Crippen molar-refractivity contribution in [2.75, 3.05) is 26.3 Å². The van der Waals surface area contributed by atoms with Crippen molar-refractivity contribution in [3.63, 3.8) is 0 Å². The third-order valence-electron chi connectivity index (χ3n) is 5.54. The van der Waals surface area contributed by atoms with Crippen molar-refractivity contribution in [2.24, 2.45) is 0 Å². The maximum Gasteiger partial charge on any atom is 0.494 e. The highest BCUT2D eigenvalue weighted by Crippen LogP contribution is 2.36. The van der Waals surface area contributed by atoms with Crippen LogP contribution in [0.3, 0.4) is 0 Å². The molecule has 5 heteroatoms. The number of rotatable bonds is 3. The van der Waals surface area contributed by atoms with Crippen LogP contribution in [0.25, 0.3) is 0 Å². The molecule has 0 aromatic heterocycles. The topological polar surface area (TPSA) is 30.9 Å². The molecule has 2 saturated heterocycles. The first-order chi connectivity index (χ1) is 10.8. The zero-order valence-corrected chi connectivity index (χ0v) is 15.0. The third-order valence-corrected chi connectivity index (χ3v) is 5.54. The molecular formula is C18H28BNO3. The number of nitrogens with zero attached hydrogens (tertiary/aromatic N) is 1. The van der Waals surface area contributed by atoms with Gasteiger partial charge >= 0.3 is 7.12 Å². The first-order valence-corrected chi connectivity index (χ1v) is 8.57. The molecule has 2 aliphatic heterocycles. The fraction of sp³-hybridized carbons (Fsp3) is 0.667. The van der Waals surface area contributed by atoms with E-state index in [1.165, 1.54) is 5.56 Å². The quantitative estimate of drug-likeness (QED) is 0.801. The summed E-state index contributed by atoms with van der Waals surface area (Å²) in [6.07, 6.45) is 0. The van der Waals surface area contributed by atoms with Crippen molar-refractivity contribution in [1.29, 1.82) is 0 Å². The minimum absolute atomic E-state index is 0.284. The number of ether oxygens (including phenoxy) is 1. The molecule has 0 unspecified atom stereocenters. The van der Waals surface area contributed by atoms with E-state index in [1.807, 2.05) is 0 Å². The van der Waals surface area contributed by atoms with E-state index in [0.29, 0.717) is 6.04 Å². The van der Waals surface area contributed by atoms with Gasteiger partial charge in [0.15, 0.2) is 0 Å². The van der Waals surface area contributed by atoms with E-state index in [1.54, 1.807) is 0 Å². The molecule has 1 atom stereocenters. The predicted molar refractivity (Wildman–Crippen MR) is 93.0 cm³/mol. The molecule has 0 bridgehead atoms. The van der Waals surface area contributed by atoms with E-state index in [-0.39, 0.29) is 18.3 Å². The first kappa shape index (κ1) is 17.0. The molecule has 3 rings (SSSR count). The summed E-state index contributed by atoms with van der Waals surface area (Å²) < 4.78 is 17.7. The summed E-state index contributed by atoms with van der Waals surface area (Å²) in [5.41, 5.74) is 1.82. The molecule has 126 valence electrons. The van der Waals surface area contributed by atoms with Gasteiger partial charge in [0.1, 0.15) is 0 Å². The summed E-state index contributed by atoms with van der Waals surface area (Å²) in [7, 11) is -0.284. The van der Waals surface area contributed by atoms with E-state index >= 15 is 0 Å². The Hall–Kier alpha value is -0.875. The minimum atomic E-state index is -0.294. The number of benzene rings is 1. The van der Waals surface area contributed by atoms with E-state index < -0.39 is 0 Å². The summed E-state index contributed by atoms with van der Waals surface area (Å²) in [6, 6.07) is 9.07. The Kier molecular flexibility index (Phi) is 4.58. The van der Waals surface area contributed by atoms with Gasteiger partial charge in [0, 0.05) is 19.1 Å². The van der Waals surface area contributed by atoms with Crippen LogP contribution in [0.15, 0.2) is 24.3 Å². The van der Waals surface area contributed by atoms with Gasteiger partial charge in [0.05, 0.1) is 24.4 Å². The largest absolute Gasteiger partial charge is 0.494 e. The number of morpholine rings is 1. The van der Waals surface area contributed by atoms with Gasteiger partial charge in [-0.25, -0.2) is 0 Å². The lowest BCUT2D eigenvalue weighted by Gasteiger charge is -2.32. The molecule has 1 aromatic carbocycles. The molecule has 0 spiro atoms. The lowest BCUT2D eigenvalue weighted by atomic mass is 9.78. The molecule has 0 saturated carbocycles. The molecule has 0 amide bonds. The van der Waals surface area contributed by atoms with Gasteiger partial charge in [-0.2, -0.15) is 0 Å². The van der Waals surface area contributed by atoms with Crippen LogP contribution >= 0.6 is 0 Å². The van der Waals surface area contributed by atoms with Gasteiger partial charge in [0.2, 0.25) is 0 Å². The van der Waals surface area contributed by atoms with E-state index in [4.69, 9.17) is 14.0 Å². The zero-order valence-electron chi connectivity index (χ0n) is 15.0. The molecule has 1 aromatic rings. The van der Waals surface area contributed by atoms with Crippen LogP contribution in [0.5, 0.6) is 0 Å². The first-order valence-electron chi connectivity index (χ1n) is 8.57. The fourth-order valence-corrected chi connectivity index (χ4v) is 3.09. The lowest BCUT2D eigenvalue weighted by molar-refractivity contribution is 0.00578. The van der Waals surface area contributed by atoms with Crippen molar-refractivity contribution >= 4 is 12.6 Å². The van der Waals surface area contributed by atoms with Crippen molar-refractivity contribution in [3.05, 3.63) is 29.8 Å². The second-order valence-electron chi connectivity index (χ2n) is 7.58. The maximum absolute atomic E-state index is 6.12. The van der Waals surface area contributed by atoms with Crippen molar-refractivity contribution < 1.29 is 14.0 Å². The van der Waals surface area contributed by atoms with E-state index in [9.17, 15) is 0 Å². The molecular weight excluding hydrogens is 289 g/mol. The lowest BCUT2D eigenvalue weighted by Crippen LogP contribution is -2.41. The monoisotopic (exact) mass is 317 g/mol. The van der Waals surface area contributed by atoms with Crippen LogP contribution in [0.2, 0.25) is 0 Å². The SMILES string of the molecule is C[C@H](c1ccc(B2OC(C)(C)C(C)(C)O2)cc1)N1CCOCC1. The average molecular weight is 317 g/mol. The summed E-state index contributed by atoms with van der Waals surface area (Å²) >= 11 is 0. The molecule has 0 radical (unpaired) electrons. The Labute approximate surface area is 140 Å². The number of hydrogen-bond donors (Lipinski definition) is 0. The molecule has 0 N–H and O–H groups in total. The van der Waals surface area contributed by atoms with Crippen LogP contribution < -0.4 is 5.46 Å². The van der Waals surface area contributed by atoms with Gasteiger partial charge in [-0.3, -0.25) is 4.90 Å². The van der Waals surface area contributed by atoms with Crippen molar-refractivity contribution in [1.82, 2.24) is 4.90 Å². The highest BCUT2D eigenvalue weighted by Gasteiger charge is 2.51. The Morgan fingerprint density at radius 2 is 1.48 bits per heavy atom. The maximum atomic E-state index is 6.12. The summed E-state index contributed by atoms with van der Waals surface area (Å²) in [5.74, 6) is 0. The average Bonchev–Trinajstić information content (AvgIpc) is 2.76. The summed E-state index contributed by atoms with van der Waals surface area (Å²) in [4.78, 5) is 2.47. The van der Waals surface area contributed by atoms with Gasteiger partial charge in [-0.1, -0.05) is 24.3 Å². The van der Waals surface area contributed by atoms with Gasteiger partial charge in [-0.15, -0.1) is 0 Å². The normalized spacial score (nSPS) is 25.5. The zero-order chi connectivity index (χ0) is 16.7. The molecule has 0 aliphatic carbocycles. The molecule has 2 heterocycles. The standard InChI is InChI=1S/C18H28BNO3/c1-14(20-10-12-21-13-11-20)15-6-8-16(9-7-15)19-22-17(2,3)18(4,5)23-19/h6-9,14H,10-13H2,1-5H3/t14-/m1/s1. The van der Waals surface area contributed by atoms with Crippen LogP contribution in [0, 0.1) is 0 Å².